The number of amides is 3. The molecule has 1 atom stereocenters. The predicted octanol–water partition coefficient (Wildman–Crippen LogP) is 0.0671. The number of likely N-dealkylation sites (tertiary alicyclic amines) is 1. The third kappa shape index (κ3) is 3.40. The van der Waals surface area contributed by atoms with Gasteiger partial charge in [0.2, 0.25) is 5.91 Å². The van der Waals surface area contributed by atoms with Gasteiger partial charge in [-0.05, 0) is 18.8 Å². The highest BCUT2D eigenvalue weighted by molar-refractivity contribution is 5.85. The van der Waals surface area contributed by atoms with E-state index in [4.69, 9.17) is 5.11 Å². The first-order chi connectivity index (χ1) is 9.47. The predicted molar refractivity (Wildman–Crippen MR) is 71.2 cm³/mol. The average Bonchev–Trinajstić information content (AvgIpc) is 2.87. The van der Waals surface area contributed by atoms with Crippen molar-refractivity contribution in [1.29, 1.82) is 0 Å². The standard InChI is InChI=1S/C13H21N3O4/c1-14-6-7-16(9-11(14)17)13(20)15-5-4-10(8-15)2-3-12(18)19/h10H,2-9H2,1H3,(H,18,19). The molecule has 2 rings (SSSR count). The number of carboxylic acids is 1. The van der Waals surface area contributed by atoms with Crippen molar-refractivity contribution < 1.29 is 19.5 Å². The summed E-state index contributed by atoms with van der Waals surface area (Å²) in [5.41, 5.74) is 0. The van der Waals surface area contributed by atoms with E-state index in [0.717, 1.165) is 6.42 Å². The first kappa shape index (κ1) is 14.6. The second-order valence-electron chi connectivity index (χ2n) is 5.55. The van der Waals surface area contributed by atoms with Crippen LogP contribution in [0.4, 0.5) is 4.79 Å². The number of piperazine rings is 1. The summed E-state index contributed by atoms with van der Waals surface area (Å²) in [7, 11) is 1.74. The third-order valence-electron chi connectivity index (χ3n) is 4.05. The van der Waals surface area contributed by atoms with Gasteiger partial charge in [0, 0.05) is 39.6 Å². The van der Waals surface area contributed by atoms with Gasteiger partial charge in [0.05, 0.1) is 0 Å². The Morgan fingerprint density at radius 3 is 2.65 bits per heavy atom. The number of aliphatic carboxylic acids is 1. The molecule has 7 heteroatoms. The number of hydrogen-bond acceptors (Lipinski definition) is 3. The van der Waals surface area contributed by atoms with Gasteiger partial charge in [-0.25, -0.2) is 4.79 Å². The molecule has 0 radical (unpaired) electrons. The Labute approximate surface area is 118 Å². The van der Waals surface area contributed by atoms with E-state index in [-0.39, 0.29) is 30.8 Å². The molecular formula is C13H21N3O4. The van der Waals surface area contributed by atoms with Gasteiger partial charge in [-0.1, -0.05) is 0 Å². The van der Waals surface area contributed by atoms with Crippen molar-refractivity contribution in [2.24, 2.45) is 5.92 Å². The Morgan fingerprint density at radius 2 is 2.00 bits per heavy atom. The minimum Gasteiger partial charge on any atom is -0.481 e. The number of carbonyl (C=O) groups excluding carboxylic acids is 2. The first-order valence-electron chi connectivity index (χ1n) is 6.97. The highest BCUT2D eigenvalue weighted by Gasteiger charge is 2.32. The highest BCUT2D eigenvalue weighted by atomic mass is 16.4. The molecule has 1 N–H and O–H groups in total. The van der Waals surface area contributed by atoms with E-state index < -0.39 is 5.97 Å². The van der Waals surface area contributed by atoms with Crippen LogP contribution in [0.1, 0.15) is 19.3 Å². The van der Waals surface area contributed by atoms with Crippen molar-refractivity contribution in [1.82, 2.24) is 14.7 Å². The molecule has 2 aliphatic heterocycles. The zero-order valence-corrected chi connectivity index (χ0v) is 11.7. The SMILES string of the molecule is CN1CCN(C(=O)N2CCC(CCC(=O)O)C2)CC1=O. The smallest absolute Gasteiger partial charge is 0.320 e. The van der Waals surface area contributed by atoms with Crippen molar-refractivity contribution in [3.8, 4) is 0 Å². The maximum Gasteiger partial charge on any atom is 0.320 e. The minimum atomic E-state index is -0.792. The maximum atomic E-state index is 12.3. The van der Waals surface area contributed by atoms with Crippen molar-refractivity contribution in [3.05, 3.63) is 0 Å². The molecule has 0 aliphatic carbocycles. The molecule has 0 saturated carbocycles. The monoisotopic (exact) mass is 283 g/mol. The van der Waals surface area contributed by atoms with E-state index in [9.17, 15) is 14.4 Å². The van der Waals surface area contributed by atoms with Crippen LogP contribution in [0, 0.1) is 5.92 Å². The zero-order valence-electron chi connectivity index (χ0n) is 11.7. The van der Waals surface area contributed by atoms with Crippen LogP contribution < -0.4 is 0 Å². The number of carboxylic acid groups (broad SMARTS) is 1. The molecular weight excluding hydrogens is 262 g/mol. The average molecular weight is 283 g/mol. The van der Waals surface area contributed by atoms with Crippen molar-refractivity contribution >= 4 is 17.9 Å². The second-order valence-corrected chi connectivity index (χ2v) is 5.55. The summed E-state index contributed by atoms with van der Waals surface area (Å²) in [5, 5.41) is 8.68. The summed E-state index contributed by atoms with van der Waals surface area (Å²) in [5.74, 6) is -0.566. The van der Waals surface area contributed by atoms with Crippen LogP contribution in [0.5, 0.6) is 0 Å². The molecule has 2 heterocycles. The summed E-state index contributed by atoms with van der Waals surface area (Å²) in [6.07, 6.45) is 1.61. The third-order valence-corrected chi connectivity index (χ3v) is 4.05. The normalized spacial score (nSPS) is 23.4. The molecule has 0 bridgehead atoms. The number of hydrogen-bond donors (Lipinski definition) is 1. The maximum absolute atomic E-state index is 12.3. The molecule has 7 nitrogen and oxygen atoms in total. The zero-order chi connectivity index (χ0) is 14.7. The Balaban J connectivity index is 1.82. The fourth-order valence-corrected chi connectivity index (χ4v) is 2.69. The summed E-state index contributed by atoms with van der Waals surface area (Å²) in [4.78, 5) is 39.4. The summed E-state index contributed by atoms with van der Waals surface area (Å²) < 4.78 is 0. The number of rotatable bonds is 3. The molecule has 2 saturated heterocycles. The van der Waals surface area contributed by atoms with E-state index in [1.54, 1.807) is 21.7 Å². The van der Waals surface area contributed by atoms with Gasteiger partial charge >= 0.3 is 12.0 Å². The molecule has 0 aromatic rings. The number of likely N-dealkylation sites (N-methyl/N-ethyl adjacent to an activating group) is 1. The minimum absolute atomic E-state index is 0.0359. The molecule has 3 amide bonds. The van der Waals surface area contributed by atoms with E-state index in [1.807, 2.05) is 0 Å². The number of nitrogens with zero attached hydrogens (tertiary/aromatic N) is 3. The fraction of sp³-hybridized carbons (Fsp3) is 0.769. The Morgan fingerprint density at radius 1 is 1.25 bits per heavy atom. The largest absolute Gasteiger partial charge is 0.481 e. The second kappa shape index (κ2) is 6.11. The number of carbonyl (C=O) groups is 3. The Hall–Kier alpha value is -1.79. The lowest BCUT2D eigenvalue weighted by Gasteiger charge is -2.34. The van der Waals surface area contributed by atoms with Crippen LogP contribution in [0.2, 0.25) is 0 Å². The van der Waals surface area contributed by atoms with Gasteiger partial charge in [0.1, 0.15) is 6.54 Å². The highest BCUT2D eigenvalue weighted by Crippen LogP contribution is 2.22. The van der Waals surface area contributed by atoms with Gasteiger partial charge in [-0.3, -0.25) is 9.59 Å². The topological polar surface area (TPSA) is 81.2 Å². The van der Waals surface area contributed by atoms with E-state index in [2.05, 4.69) is 0 Å². The van der Waals surface area contributed by atoms with Crippen molar-refractivity contribution in [2.45, 2.75) is 19.3 Å². The van der Waals surface area contributed by atoms with Gasteiger partial charge < -0.3 is 19.8 Å². The molecule has 1 unspecified atom stereocenters. The van der Waals surface area contributed by atoms with Crippen LogP contribution in [0.3, 0.4) is 0 Å². The van der Waals surface area contributed by atoms with Gasteiger partial charge in [0.25, 0.3) is 0 Å². The van der Waals surface area contributed by atoms with Crippen LogP contribution >= 0.6 is 0 Å². The lowest BCUT2D eigenvalue weighted by molar-refractivity contribution is -0.137. The quantitative estimate of drug-likeness (QED) is 0.794. The Bertz CT molecular complexity index is 412. The molecule has 20 heavy (non-hydrogen) atoms. The molecule has 2 fully saturated rings. The van der Waals surface area contributed by atoms with Crippen LogP contribution in [0.15, 0.2) is 0 Å². The summed E-state index contributed by atoms with van der Waals surface area (Å²) in [6, 6.07) is -0.0933. The van der Waals surface area contributed by atoms with Crippen LogP contribution in [0.25, 0.3) is 0 Å². The first-order valence-corrected chi connectivity index (χ1v) is 6.97. The lowest BCUT2D eigenvalue weighted by Crippen LogP contribution is -2.54. The fourth-order valence-electron chi connectivity index (χ4n) is 2.69. The van der Waals surface area contributed by atoms with E-state index in [0.29, 0.717) is 32.6 Å². The molecule has 0 aromatic heterocycles. The van der Waals surface area contributed by atoms with Crippen molar-refractivity contribution in [3.63, 3.8) is 0 Å². The van der Waals surface area contributed by atoms with E-state index >= 15 is 0 Å². The Kier molecular flexibility index (Phi) is 4.46. The van der Waals surface area contributed by atoms with Gasteiger partial charge in [0.15, 0.2) is 0 Å². The lowest BCUT2D eigenvalue weighted by atomic mass is 10.0. The van der Waals surface area contributed by atoms with Gasteiger partial charge in [-0.15, -0.1) is 0 Å². The molecule has 0 aromatic carbocycles. The summed E-state index contributed by atoms with van der Waals surface area (Å²) >= 11 is 0. The van der Waals surface area contributed by atoms with Crippen molar-refractivity contribution in [2.75, 3.05) is 39.8 Å². The van der Waals surface area contributed by atoms with Crippen LogP contribution in [-0.4, -0.2) is 77.5 Å². The molecule has 2 aliphatic rings. The van der Waals surface area contributed by atoms with E-state index in [1.165, 1.54) is 0 Å². The molecule has 112 valence electrons. The van der Waals surface area contributed by atoms with Gasteiger partial charge in [-0.2, -0.15) is 0 Å². The molecule has 0 spiro atoms. The summed E-state index contributed by atoms with van der Waals surface area (Å²) in [6.45, 7) is 2.54. The number of urea groups is 1. The van der Waals surface area contributed by atoms with Crippen LogP contribution in [-0.2, 0) is 9.59 Å².